The Morgan fingerprint density at radius 3 is 1.10 bits per heavy atom. The van der Waals surface area contributed by atoms with Gasteiger partial charge in [-0.15, -0.1) is 0 Å². The maximum absolute atomic E-state index is 12.7. The Kier molecular flexibility index (Phi) is 30.8. The van der Waals surface area contributed by atoms with Crippen molar-refractivity contribution in [1.29, 1.82) is 36.8 Å². The van der Waals surface area contributed by atoms with E-state index in [4.69, 9.17) is 86.3 Å². The van der Waals surface area contributed by atoms with Crippen LogP contribution in [0.3, 0.4) is 0 Å². The average molecular weight is 1830 g/mol. The number of aromatic nitrogens is 14. The number of hydrogen-bond donors (Lipinski definition) is 8. The van der Waals surface area contributed by atoms with Gasteiger partial charge in [0.25, 0.3) is 38.9 Å². The Bertz CT molecular complexity index is 7930. The summed E-state index contributed by atoms with van der Waals surface area (Å²) < 4.78 is 55.9. The van der Waals surface area contributed by atoms with Gasteiger partial charge in [-0.2, -0.15) is 36.8 Å². The van der Waals surface area contributed by atoms with Crippen LogP contribution < -0.4 is 82.1 Å². The normalized spacial score (nSPS) is 10.9. The molecule has 0 spiro atoms. The van der Waals surface area contributed by atoms with Gasteiger partial charge in [-0.3, -0.25) is 38.4 Å². The lowest BCUT2D eigenvalue weighted by Gasteiger charge is -2.18. The average Bonchev–Trinajstić information content (AvgIpc) is 1.45. The Labute approximate surface area is 769 Å². The van der Waals surface area contributed by atoms with Crippen molar-refractivity contribution in [2.24, 2.45) is 0 Å². The Morgan fingerprint density at radius 1 is 0.353 bits per heavy atom. The molecule has 0 unspecified atom stereocenters. The van der Waals surface area contributed by atoms with Crippen LogP contribution in [0.2, 0.25) is 5.02 Å². The van der Waals surface area contributed by atoms with E-state index in [2.05, 4.69) is 75.1 Å². The van der Waals surface area contributed by atoms with Gasteiger partial charge in [0.05, 0.1) is 89.2 Å². The third kappa shape index (κ3) is 23.1. The number of nitrogens with zero attached hydrogens (tertiary/aromatic N) is 14. The molecular weight excluding hydrogens is 1770 g/mol. The van der Waals surface area contributed by atoms with Crippen LogP contribution in [0.5, 0.6) is 51.7 Å². The molecule has 0 radical (unpaired) electrons. The molecule has 0 bridgehead atoms. The molecule has 0 saturated heterocycles. The highest BCUT2D eigenvalue weighted by Crippen LogP contribution is 2.42. The lowest BCUT2D eigenvalue weighted by Crippen LogP contribution is -2.15. The summed E-state index contributed by atoms with van der Waals surface area (Å²) in [6, 6.07) is 72.1. The third-order valence-corrected chi connectivity index (χ3v) is 19.3. The highest BCUT2D eigenvalue weighted by atomic mass is 35.5. The monoisotopic (exact) mass is 1830 g/mol. The van der Waals surface area contributed by atoms with Gasteiger partial charge in [0.1, 0.15) is 124 Å². The third-order valence-electron chi connectivity index (χ3n) is 19.0. The summed E-state index contributed by atoms with van der Waals surface area (Å²) in [6.45, 7) is 3.17. The highest BCUT2D eigenvalue weighted by molar-refractivity contribution is 6.33. The summed E-state index contributed by atoms with van der Waals surface area (Å²) in [6.07, 6.45) is 8.79. The number of benzene rings is 9. The van der Waals surface area contributed by atoms with Crippen LogP contribution in [0.25, 0.3) is 78.8 Å². The van der Waals surface area contributed by atoms with Crippen molar-refractivity contribution in [2.75, 3.05) is 32.1 Å². The molecule has 40 heteroatoms. The van der Waals surface area contributed by atoms with Gasteiger partial charge in [-0.05, 0) is 133 Å². The summed E-state index contributed by atoms with van der Waals surface area (Å²) in [5.74, 6) is 4.97. The molecule has 0 atom stereocenters. The van der Waals surface area contributed by atoms with E-state index in [1.807, 2.05) is 97.1 Å². The molecule has 136 heavy (non-hydrogen) atoms. The number of rotatable bonds is 13. The van der Waals surface area contributed by atoms with Crippen LogP contribution in [-0.2, 0) is 11.4 Å². The van der Waals surface area contributed by atoms with E-state index in [-0.39, 0.29) is 75.6 Å². The number of carbonyl (C=O) groups excluding carboxylic acids is 1. The zero-order valence-corrected chi connectivity index (χ0v) is 71.0. The molecule has 1 amide bonds. The predicted molar refractivity (Wildman–Crippen MR) is 485 cm³/mol. The smallest absolute Gasteiger partial charge is 0.269 e. The number of amides is 1. The van der Waals surface area contributed by atoms with Crippen LogP contribution in [-0.4, -0.2) is 102 Å². The number of nitriles is 7. The molecule has 0 aliphatic carbocycles. The lowest BCUT2D eigenvalue weighted by molar-refractivity contribution is -0.114. The van der Waals surface area contributed by atoms with Crippen molar-refractivity contribution < 1.29 is 47.1 Å². The van der Waals surface area contributed by atoms with E-state index in [0.717, 1.165) is 5.56 Å². The summed E-state index contributed by atoms with van der Waals surface area (Å²) in [7, 11) is 0. The van der Waals surface area contributed by atoms with Crippen LogP contribution in [0.4, 0.5) is 10.1 Å². The maximum atomic E-state index is 12.7. The Balaban J connectivity index is 0.000000135. The van der Waals surface area contributed by atoms with Crippen molar-refractivity contribution in [3.05, 3.63) is 378 Å². The van der Waals surface area contributed by atoms with Crippen LogP contribution in [0.1, 0.15) is 51.4 Å². The van der Waals surface area contributed by atoms with Gasteiger partial charge >= 0.3 is 0 Å². The standard InChI is InChI=1S/C18H13N3O2.C17H11N3O2.C13H10N4O2.C13H9N3O3.C12H6ClN3O3.C12H7N3O3.C11H6FN3O/c19-10-16-17(20-12-21-18(16)22)14-6-8-15(9-7-14)23-11-13-4-2-1-3-5-13;18-10-15-16(19-11-20-17(15)21)12-5-4-8-14(9-12)22-13-6-2-1-3-7-13;1-8(18)17-10-4-2-9(3-5-10)12-11(6-14)13(19)16-7-15-12;14-6-9-12(15-7-16-13(9)17)8-1-2-10-11(5-8)19-4-3-18-10;13-8-2-10-9(18-5-19-10)1-6(8)11-7(3-14)12(17)16-4-15-11;13-4-8-11(14-5-15-12(8)16)7-1-2-9-10(3-7)18-6-17-9;12-8-3-1-7(2-4-8)10-9(5-13)11(16)15-6-14-10/h1-9,12H,11H2,(H,20,21,22);1-9,11H,(H,19,20,21);2-5,7H,1H3,(H,17,18)(H,15,16,19);1-2,5,7H,3-4H2,(H,15,16,17);1-2,4H,5H2,(H,15,16,17);1-3,5H,6H2,(H,14,15,16);1-4,6H,(H,14,15,16). The van der Waals surface area contributed by atoms with Gasteiger partial charge in [-0.25, -0.2) is 39.3 Å². The zero-order valence-electron chi connectivity index (χ0n) is 70.3. The molecule has 0 saturated carbocycles. The number of ether oxygens (including phenoxy) is 8. The summed E-state index contributed by atoms with van der Waals surface area (Å²) in [5, 5.41) is 66.0. The zero-order chi connectivity index (χ0) is 96.0. The summed E-state index contributed by atoms with van der Waals surface area (Å²) in [5.41, 5.74) is 4.59. The molecule has 0 fully saturated rings. The molecule has 38 nitrogen and oxygen atoms in total. The van der Waals surface area contributed by atoms with Gasteiger partial charge in [0.15, 0.2) is 34.5 Å². The minimum absolute atomic E-state index is 0.00505. The SMILES string of the molecule is CC(=O)Nc1ccc(-c2nc[nH]c(=O)c2C#N)cc1.N#Cc1c(-c2cc3c(cc2Cl)OCO3)nc[nH]c1=O.N#Cc1c(-c2ccc(F)cc2)nc[nH]c1=O.N#Cc1c(-c2ccc(OCc3ccccc3)cc2)nc[nH]c1=O.N#Cc1c(-c2ccc3c(c2)OCCO3)nc[nH]c1=O.N#Cc1c(-c2ccc3c(c2)OCO3)nc[nH]c1=O.N#Cc1c(-c2cccc(Oc3ccccc3)c2)nc[nH]c1=O. The molecular formula is C96H62ClFN22O16. The first-order valence-corrected chi connectivity index (χ1v) is 40.0. The number of fused-ring (bicyclic) bond motifs is 3. The molecule has 16 aromatic rings. The fraction of sp³-hybridized carbons (Fsp3) is 0.0625. The minimum atomic E-state index is -0.513. The quantitative estimate of drug-likeness (QED) is 0.0531. The van der Waals surface area contributed by atoms with Crippen LogP contribution >= 0.6 is 11.6 Å². The first kappa shape index (κ1) is 93.3. The molecule has 3 aliphatic heterocycles. The summed E-state index contributed by atoms with van der Waals surface area (Å²) in [4.78, 5) is 136. The summed E-state index contributed by atoms with van der Waals surface area (Å²) >= 11 is 6.13. The maximum Gasteiger partial charge on any atom is 0.269 e. The second-order valence-corrected chi connectivity index (χ2v) is 28.0. The molecule has 666 valence electrons. The van der Waals surface area contributed by atoms with E-state index in [9.17, 15) is 42.7 Å². The first-order chi connectivity index (χ1) is 66.2. The Morgan fingerprint density at radius 2 is 0.676 bits per heavy atom. The number of aromatic amines is 7. The lowest BCUT2D eigenvalue weighted by atomic mass is 10.1. The number of nitrogens with one attached hydrogen (secondary N) is 8. The van der Waals surface area contributed by atoms with E-state index in [1.54, 1.807) is 127 Å². The number of H-pyrrole nitrogens is 7. The van der Waals surface area contributed by atoms with Gasteiger partial charge < -0.3 is 78.1 Å². The van der Waals surface area contributed by atoms with E-state index in [0.29, 0.717) is 150 Å². The van der Waals surface area contributed by atoms with Crippen LogP contribution in [0, 0.1) is 85.1 Å². The number of para-hydroxylation sites is 1. The minimum Gasteiger partial charge on any atom is -0.489 e. The van der Waals surface area contributed by atoms with Crippen molar-refractivity contribution in [3.8, 4) is 173 Å². The van der Waals surface area contributed by atoms with Gasteiger partial charge in [-0.1, -0.05) is 84.4 Å². The molecule has 8 N–H and O–H groups in total. The number of hydrogen-bond acceptors (Lipinski definition) is 30. The van der Waals surface area contributed by atoms with Gasteiger partial charge in [0, 0.05) is 57.6 Å². The van der Waals surface area contributed by atoms with Crippen molar-refractivity contribution in [1.82, 2.24) is 69.8 Å². The molecule has 9 aromatic carbocycles. The second-order valence-electron chi connectivity index (χ2n) is 27.6. The van der Waals surface area contributed by atoms with Gasteiger partial charge in [0.2, 0.25) is 19.5 Å². The van der Waals surface area contributed by atoms with Crippen molar-refractivity contribution in [2.45, 2.75) is 13.5 Å². The molecule has 19 rings (SSSR count). The number of halogens is 2. The second kappa shape index (κ2) is 44.9. The predicted octanol–water partition coefficient (Wildman–Crippen LogP) is 12.5. The number of anilines is 1. The number of carbonyl (C=O) groups is 1. The highest BCUT2D eigenvalue weighted by Gasteiger charge is 2.24. The van der Waals surface area contributed by atoms with E-state index < -0.39 is 38.9 Å². The fourth-order valence-electron chi connectivity index (χ4n) is 12.7. The Hall–Kier alpha value is -20.3. The van der Waals surface area contributed by atoms with E-state index in [1.165, 1.54) is 75.5 Å². The van der Waals surface area contributed by atoms with E-state index >= 15 is 0 Å². The molecule has 7 aromatic heterocycles. The largest absolute Gasteiger partial charge is 0.489 e. The first-order valence-electron chi connectivity index (χ1n) is 39.7. The van der Waals surface area contributed by atoms with Crippen LogP contribution in [0.15, 0.2) is 284 Å². The van der Waals surface area contributed by atoms with Crippen molar-refractivity contribution >= 4 is 23.2 Å². The molecule has 10 heterocycles. The van der Waals surface area contributed by atoms with Crippen molar-refractivity contribution in [3.63, 3.8) is 0 Å². The fourth-order valence-corrected chi connectivity index (χ4v) is 12.9. The molecule has 3 aliphatic rings. The topological polar surface area (TPSA) is 590 Å².